The normalized spacial score (nSPS) is 18.4. The summed E-state index contributed by atoms with van der Waals surface area (Å²) in [7, 11) is 4.81. The molecule has 0 saturated carbocycles. The molecule has 0 N–H and O–H groups in total. The van der Waals surface area contributed by atoms with Crippen molar-refractivity contribution in [1.29, 1.82) is 0 Å². The molecule has 38 heavy (non-hydrogen) atoms. The molecule has 0 bridgehead atoms. The van der Waals surface area contributed by atoms with Crippen LogP contribution < -0.4 is 4.74 Å². The number of rotatable bonds is 6. The summed E-state index contributed by atoms with van der Waals surface area (Å²) in [5.41, 5.74) is 3.80. The molecule has 3 aromatic rings. The summed E-state index contributed by atoms with van der Waals surface area (Å²) in [5.74, 6) is 0.429. The number of benzene rings is 2. The van der Waals surface area contributed by atoms with Gasteiger partial charge in [-0.05, 0) is 75.9 Å². The lowest BCUT2D eigenvalue weighted by molar-refractivity contribution is 0.00674. The second-order valence-electron chi connectivity index (χ2n) is 10.8. The van der Waals surface area contributed by atoms with Gasteiger partial charge in [0, 0.05) is 43.4 Å². The molecular weight excluding hydrogens is 484 g/mol. The number of carbonyl (C=O) groups excluding carboxylic acids is 2. The fourth-order valence-electron chi connectivity index (χ4n) is 5.27. The molecule has 2 aromatic carbocycles. The van der Waals surface area contributed by atoms with Crippen LogP contribution in [-0.2, 0) is 20.8 Å². The first-order valence-electron chi connectivity index (χ1n) is 12.9. The topological polar surface area (TPSA) is 79.2 Å². The number of hydrogen-bond donors (Lipinski definition) is 0. The van der Waals surface area contributed by atoms with Gasteiger partial charge in [-0.1, -0.05) is 12.1 Å². The van der Waals surface area contributed by atoms with Crippen molar-refractivity contribution in [3.63, 3.8) is 0 Å². The minimum absolute atomic E-state index is 0.0781. The molecule has 0 aliphatic carbocycles. The average Bonchev–Trinajstić information content (AvgIpc) is 3.35. The van der Waals surface area contributed by atoms with Crippen molar-refractivity contribution < 1.29 is 28.5 Å². The lowest BCUT2D eigenvalue weighted by Crippen LogP contribution is -2.39. The molecule has 204 valence electrons. The lowest BCUT2D eigenvalue weighted by atomic mass is 9.91. The minimum Gasteiger partial charge on any atom is -0.496 e. The third kappa shape index (κ3) is 5.71. The summed E-state index contributed by atoms with van der Waals surface area (Å²) in [4.78, 5) is 27.4. The highest BCUT2D eigenvalue weighted by Gasteiger charge is 2.31. The Balaban J connectivity index is 1.72. The number of ether oxygens (including phenoxy) is 4. The van der Waals surface area contributed by atoms with Crippen LogP contribution >= 0.6 is 0 Å². The van der Waals surface area contributed by atoms with Gasteiger partial charge in [0.05, 0.1) is 31.4 Å². The van der Waals surface area contributed by atoms with Crippen molar-refractivity contribution >= 4 is 23.0 Å². The first-order chi connectivity index (χ1) is 18.1. The first-order valence-corrected chi connectivity index (χ1v) is 12.9. The zero-order valence-electron chi connectivity index (χ0n) is 23.4. The number of piperidine rings is 1. The molecule has 1 aliphatic heterocycles. The standard InChI is InChI=1S/C30H38N2O6/c1-19-16-26(36-6)24(23-13-15-32(27(19)23)29(34)38-30(2,3)4)18-31-14-12-22(35-5)17-25(31)20-8-10-21(11-9-20)28(33)37-7/h8-11,13,15-16,22,25H,12,14,17-18H2,1-7H3/t22-,25-/m1/s1. The maximum atomic E-state index is 13.0. The van der Waals surface area contributed by atoms with E-state index in [0.29, 0.717) is 12.1 Å². The zero-order chi connectivity index (χ0) is 27.6. The van der Waals surface area contributed by atoms with E-state index in [1.165, 1.54) is 7.11 Å². The smallest absolute Gasteiger partial charge is 0.419 e. The fourth-order valence-corrected chi connectivity index (χ4v) is 5.27. The monoisotopic (exact) mass is 522 g/mol. The van der Waals surface area contributed by atoms with E-state index < -0.39 is 11.7 Å². The maximum Gasteiger partial charge on any atom is 0.419 e. The minimum atomic E-state index is -0.598. The Hall–Kier alpha value is -3.36. The average molecular weight is 523 g/mol. The summed E-state index contributed by atoms with van der Waals surface area (Å²) in [6.45, 7) is 9.01. The molecule has 0 radical (unpaired) electrons. The number of nitrogens with zero attached hydrogens (tertiary/aromatic N) is 2. The van der Waals surface area contributed by atoms with Gasteiger partial charge in [-0.3, -0.25) is 9.47 Å². The fraction of sp³-hybridized carbons (Fsp3) is 0.467. The van der Waals surface area contributed by atoms with Crippen molar-refractivity contribution in [3.05, 3.63) is 64.8 Å². The molecule has 0 unspecified atom stereocenters. The van der Waals surface area contributed by atoms with Gasteiger partial charge < -0.3 is 18.9 Å². The highest BCUT2D eigenvalue weighted by atomic mass is 16.6. The number of aromatic nitrogens is 1. The van der Waals surface area contributed by atoms with Crippen LogP contribution in [0.4, 0.5) is 4.79 Å². The number of carbonyl (C=O) groups is 2. The van der Waals surface area contributed by atoms with E-state index in [-0.39, 0.29) is 18.1 Å². The van der Waals surface area contributed by atoms with Gasteiger partial charge >= 0.3 is 12.1 Å². The van der Waals surface area contributed by atoms with Gasteiger partial charge in [0.25, 0.3) is 0 Å². The van der Waals surface area contributed by atoms with Crippen molar-refractivity contribution in [2.45, 2.75) is 64.8 Å². The Morgan fingerprint density at radius 1 is 1.05 bits per heavy atom. The van der Waals surface area contributed by atoms with Gasteiger partial charge in [0.2, 0.25) is 0 Å². The molecule has 2 atom stereocenters. The number of hydrogen-bond acceptors (Lipinski definition) is 7. The van der Waals surface area contributed by atoms with Crippen LogP contribution in [0, 0.1) is 6.92 Å². The number of esters is 1. The van der Waals surface area contributed by atoms with Crippen LogP contribution in [-0.4, -0.2) is 61.1 Å². The van der Waals surface area contributed by atoms with Gasteiger partial charge in [-0.15, -0.1) is 0 Å². The first kappa shape index (κ1) is 27.7. The second-order valence-corrected chi connectivity index (χ2v) is 10.8. The molecule has 1 fully saturated rings. The predicted molar refractivity (Wildman–Crippen MR) is 146 cm³/mol. The van der Waals surface area contributed by atoms with Crippen LogP contribution in [0.5, 0.6) is 5.75 Å². The van der Waals surface area contributed by atoms with Crippen molar-refractivity contribution in [2.75, 3.05) is 27.9 Å². The Bertz CT molecular complexity index is 1310. The van der Waals surface area contributed by atoms with Crippen LogP contribution in [0.2, 0.25) is 0 Å². The van der Waals surface area contributed by atoms with Gasteiger partial charge in [0.15, 0.2) is 0 Å². The third-order valence-electron chi connectivity index (χ3n) is 7.12. The van der Waals surface area contributed by atoms with E-state index in [0.717, 1.165) is 52.7 Å². The Labute approximate surface area is 224 Å². The summed E-state index contributed by atoms with van der Waals surface area (Å²) >= 11 is 0. The lowest BCUT2D eigenvalue weighted by Gasteiger charge is -2.39. The predicted octanol–water partition coefficient (Wildman–Crippen LogP) is 5.88. The van der Waals surface area contributed by atoms with Crippen LogP contribution in [0.3, 0.4) is 0 Å². The Morgan fingerprint density at radius 3 is 2.37 bits per heavy atom. The molecule has 1 aliphatic rings. The van der Waals surface area contributed by atoms with E-state index >= 15 is 0 Å². The van der Waals surface area contributed by atoms with E-state index in [2.05, 4.69) is 4.90 Å². The second kappa shape index (κ2) is 11.2. The number of fused-ring (bicyclic) bond motifs is 1. The molecule has 1 aromatic heterocycles. The molecule has 4 rings (SSSR count). The zero-order valence-corrected chi connectivity index (χ0v) is 23.4. The summed E-state index contributed by atoms with van der Waals surface area (Å²) in [6.07, 6.45) is 3.24. The quantitative estimate of drug-likeness (QED) is 0.374. The third-order valence-corrected chi connectivity index (χ3v) is 7.12. The molecule has 8 nitrogen and oxygen atoms in total. The number of likely N-dealkylation sites (tertiary alicyclic amines) is 1. The molecule has 8 heteroatoms. The Morgan fingerprint density at radius 2 is 1.76 bits per heavy atom. The van der Waals surface area contributed by atoms with E-state index in [4.69, 9.17) is 18.9 Å². The van der Waals surface area contributed by atoms with Gasteiger partial charge in [-0.25, -0.2) is 9.59 Å². The SMILES string of the molecule is COC(=O)c1ccc([C@H]2C[C@H](OC)CCN2Cc2c(OC)cc(C)c3c2ccn3C(=O)OC(C)(C)C)cc1. The van der Waals surface area contributed by atoms with Crippen LogP contribution in [0.1, 0.15) is 66.7 Å². The Kier molecular flexibility index (Phi) is 8.13. The van der Waals surface area contributed by atoms with Crippen LogP contribution in [0.25, 0.3) is 10.9 Å². The highest BCUT2D eigenvalue weighted by Crippen LogP contribution is 2.38. The molecular formula is C30H38N2O6. The largest absolute Gasteiger partial charge is 0.496 e. The number of methoxy groups -OCH3 is 3. The summed E-state index contributed by atoms with van der Waals surface area (Å²) < 4.78 is 23.7. The van der Waals surface area contributed by atoms with Crippen molar-refractivity contribution in [1.82, 2.24) is 9.47 Å². The molecule has 1 saturated heterocycles. The van der Waals surface area contributed by atoms with E-state index in [1.54, 1.807) is 37.1 Å². The van der Waals surface area contributed by atoms with E-state index in [1.807, 2.05) is 52.0 Å². The molecule has 2 heterocycles. The van der Waals surface area contributed by atoms with Gasteiger partial charge in [0.1, 0.15) is 11.4 Å². The van der Waals surface area contributed by atoms with E-state index in [9.17, 15) is 9.59 Å². The highest BCUT2D eigenvalue weighted by molar-refractivity contribution is 5.95. The molecule has 0 amide bonds. The number of aryl methyl sites for hydroxylation is 1. The van der Waals surface area contributed by atoms with Crippen molar-refractivity contribution in [3.8, 4) is 5.75 Å². The molecule has 0 spiro atoms. The van der Waals surface area contributed by atoms with Crippen molar-refractivity contribution in [2.24, 2.45) is 0 Å². The summed E-state index contributed by atoms with van der Waals surface area (Å²) in [5, 5.41) is 0.960. The maximum absolute atomic E-state index is 13.0. The van der Waals surface area contributed by atoms with Gasteiger partial charge in [-0.2, -0.15) is 0 Å². The summed E-state index contributed by atoms with van der Waals surface area (Å²) in [6, 6.07) is 11.6. The van der Waals surface area contributed by atoms with Crippen LogP contribution in [0.15, 0.2) is 42.6 Å².